The number of aromatic amines is 1. The Balaban J connectivity index is 1.61. The van der Waals surface area contributed by atoms with Gasteiger partial charge in [0, 0.05) is 16.5 Å². The van der Waals surface area contributed by atoms with Crippen molar-refractivity contribution < 1.29 is 9.21 Å². The predicted molar refractivity (Wildman–Crippen MR) is 84.8 cm³/mol. The van der Waals surface area contributed by atoms with Crippen molar-refractivity contribution in [3.05, 3.63) is 59.2 Å². The van der Waals surface area contributed by atoms with Gasteiger partial charge in [-0.2, -0.15) is 5.26 Å². The molecule has 3 aromatic rings. The fourth-order valence-electron chi connectivity index (χ4n) is 2.91. The lowest BCUT2D eigenvalue weighted by Gasteiger charge is -2.14. The number of carbonyl (C=O) groups excluding carboxylic acids is 1. The minimum Gasteiger partial charge on any atom is -0.469 e. The molecule has 0 spiro atoms. The van der Waals surface area contributed by atoms with Crippen LogP contribution in [-0.4, -0.2) is 10.9 Å². The van der Waals surface area contributed by atoms with Crippen molar-refractivity contribution >= 4 is 16.8 Å². The molecule has 0 atom stereocenters. The van der Waals surface area contributed by atoms with Gasteiger partial charge in [0.15, 0.2) is 0 Å². The molecule has 2 N–H and O–H groups in total. The molecule has 1 saturated carbocycles. The van der Waals surface area contributed by atoms with Crippen LogP contribution in [-0.2, 0) is 5.54 Å². The van der Waals surface area contributed by atoms with Gasteiger partial charge in [-0.25, -0.2) is 0 Å². The number of aryl methyl sites for hydroxylation is 1. The van der Waals surface area contributed by atoms with Gasteiger partial charge in [0.05, 0.1) is 23.4 Å². The van der Waals surface area contributed by atoms with Crippen LogP contribution in [0.4, 0.5) is 0 Å². The van der Waals surface area contributed by atoms with E-state index >= 15 is 0 Å². The van der Waals surface area contributed by atoms with Crippen LogP contribution in [0.1, 0.15) is 40.2 Å². The molecule has 1 aromatic carbocycles. The zero-order chi connectivity index (χ0) is 16.0. The van der Waals surface area contributed by atoms with E-state index in [0.717, 1.165) is 35.1 Å². The van der Waals surface area contributed by atoms with E-state index in [0.29, 0.717) is 11.3 Å². The fourth-order valence-corrected chi connectivity index (χ4v) is 2.91. The van der Waals surface area contributed by atoms with Crippen LogP contribution in [0.25, 0.3) is 10.9 Å². The first-order valence-electron chi connectivity index (χ1n) is 7.51. The number of hydrogen-bond donors (Lipinski definition) is 2. The maximum atomic E-state index is 12.6. The number of hydrogen-bond acceptors (Lipinski definition) is 3. The van der Waals surface area contributed by atoms with E-state index in [2.05, 4.69) is 16.4 Å². The zero-order valence-electron chi connectivity index (χ0n) is 12.6. The van der Waals surface area contributed by atoms with Gasteiger partial charge in [-0.1, -0.05) is 0 Å². The van der Waals surface area contributed by atoms with Gasteiger partial charge in [-0.05, 0) is 50.1 Å². The first kappa shape index (κ1) is 13.6. The van der Waals surface area contributed by atoms with Crippen molar-refractivity contribution in [2.24, 2.45) is 0 Å². The number of nitrogens with zero attached hydrogens (tertiary/aromatic N) is 1. The number of fused-ring (bicyclic) bond motifs is 1. The Bertz CT molecular complexity index is 954. The van der Waals surface area contributed by atoms with Crippen LogP contribution < -0.4 is 5.32 Å². The smallest absolute Gasteiger partial charge is 0.268 e. The summed E-state index contributed by atoms with van der Waals surface area (Å²) in [7, 11) is 0. The summed E-state index contributed by atoms with van der Waals surface area (Å²) in [6.07, 6.45) is 3.54. The van der Waals surface area contributed by atoms with Gasteiger partial charge in [0.25, 0.3) is 5.91 Å². The van der Waals surface area contributed by atoms with E-state index in [1.54, 1.807) is 24.5 Å². The van der Waals surface area contributed by atoms with Gasteiger partial charge in [0.2, 0.25) is 0 Å². The average molecular weight is 305 g/mol. The first-order valence-corrected chi connectivity index (χ1v) is 7.51. The quantitative estimate of drug-likeness (QED) is 0.778. The van der Waals surface area contributed by atoms with Crippen LogP contribution in [0, 0.1) is 18.3 Å². The Kier molecular flexibility index (Phi) is 2.82. The third kappa shape index (κ3) is 2.29. The molecule has 5 heteroatoms. The summed E-state index contributed by atoms with van der Waals surface area (Å²) in [5.41, 5.74) is 2.64. The number of rotatable bonds is 3. The summed E-state index contributed by atoms with van der Waals surface area (Å²) in [4.78, 5) is 15.7. The molecule has 114 valence electrons. The van der Waals surface area contributed by atoms with Gasteiger partial charge < -0.3 is 14.7 Å². The van der Waals surface area contributed by atoms with Gasteiger partial charge in [-0.15, -0.1) is 0 Å². The lowest BCUT2D eigenvalue weighted by atomic mass is 10.1. The number of aromatic nitrogens is 1. The highest BCUT2D eigenvalue weighted by atomic mass is 16.3. The van der Waals surface area contributed by atoms with E-state index in [-0.39, 0.29) is 11.4 Å². The largest absolute Gasteiger partial charge is 0.469 e. The minimum atomic E-state index is -0.302. The number of benzene rings is 1. The molecule has 2 aromatic heterocycles. The highest BCUT2D eigenvalue weighted by Gasteiger charge is 2.46. The number of H-pyrrole nitrogens is 1. The molecular weight excluding hydrogens is 290 g/mol. The molecule has 23 heavy (non-hydrogen) atoms. The Morgan fingerprint density at radius 1 is 1.35 bits per heavy atom. The summed E-state index contributed by atoms with van der Waals surface area (Å²) < 4.78 is 5.36. The highest BCUT2D eigenvalue weighted by molar-refractivity contribution is 5.98. The number of nitrogens with one attached hydrogen (secondary N) is 2. The average Bonchev–Trinajstić information content (AvgIpc) is 2.99. The van der Waals surface area contributed by atoms with E-state index in [4.69, 9.17) is 9.68 Å². The Morgan fingerprint density at radius 2 is 2.17 bits per heavy atom. The third-order valence-corrected chi connectivity index (χ3v) is 4.38. The van der Waals surface area contributed by atoms with E-state index in [1.807, 2.05) is 19.1 Å². The van der Waals surface area contributed by atoms with Crippen molar-refractivity contribution in [2.45, 2.75) is 25.3 Å². The highest BCUT2D eigenvalue weighted by Crippen LogP contribution is 2.46. The van der Waals surface area contributed by atoms with Crippen molar-refractivity contribution in [3.8, 4) is 6.07 Å². The van der Waals surface area contributed by atoms with Crippen molar-refractivity contribution in [1.82, 2.24) is 10.3 Å². The van der Waals surface area contributed by atoms with Crippen LogP contribution in [0.2, 0.25) is 0 Å². The van der Waals surface area contributed by atoms with E-state index in [9.17, 15) is 4.79 Å². The van der Waals surface area contributed by atoms with Crippen LogP contribution in [0.5, 0.6) is 0 Å². The SMILES string of the molecule is Cc1cc(C2(NC(=O)c3cc4cc(C#N)ccc4[nH]3)CC2)co1. The molecule has 2 heterocycles. The van der Waals surface area contributed by atoms with Crippen LogP contribution in [0.15, 0.2) is 41.0 Å². The molecule has 1 aliphatic carbocycles. The molecule has 0 saturated heterocycles. The van der Waals surface area contributed by atoms with Crippen LogP contribution >= 0.6 is 0 Å². The Hall–Kier alpha value is -3.00. The normalized spacial score (nSPS) is 15.3. The van der Waals surface area contributed by atoms with Crippen molar-refractivity contribution in [2.75, 3.05) is 0 Å². The number of furan rings is 1. The molecule has 0 bridgehead atoms. The number of nitriles is 1. The molecule has 1 fully saturated rings. The summed E-state index contributed by atoms with van der Waals surface area (Å²) in [6.45, 7) is 1.89. The van der Waals surface area contributed by atoms with Gasteiger partial charge >= 0.3 is 0 Å². The Labute approximate surface area is 132 Å². The summed E-state index contributed by atoms with van der Waals surface area (Å²) >= 11 is 0. The number of carbonyl (C=O) groups is 1. The maximum Gasteiger partial charge on any atom is 0.268 e. The first-order chi connectivity index (χ1) is 11.1. The minimum absolute atomic E-state index is 0.143. The third-order valence-electron chi connectivity index (χ3n) is 4.38. The second kappa shape index (κ2) is 4.75. The second-order valence-corrected chi connectivity index (χ2v) is 6.08. The van der Waals surface area contributed by atoms with Crippen molar-refractivity contribution in [3.63, 3.8) is 0 Å². The molecular formula is C18H15N3O2. The van der Waals surface area contributed by atoms with Gasteiger partial charge in [-0.3, -0.25) is 4.79 Å². The fraction of sp³-hybridized carbons (Fsp3) is 0.222. The lowest BCUT2D eigenvalue weighted by molar-refractivity contribution is 0.0926. The lowest BCUT2D eigenvalue weighted by Crippen LogP contribution is -2.34. The molecule has 1 aliphatic rings. The summed E-state index contributed by atoms with van der Waals surface area (Å²) in [6, 6.07) is 11.2. The molecule has 0 aliphatic heterocycles. The molecule has 0 radical (unpaired) electrons. The van der Waals surface area contributed by atoms with E-state index < -0.39 is 0 Å². The Morgan fingerprint density at radius 3 is 2.83 bits per heavy atom. The van der Waals surface area contributed by atoms with Crippen molar-refractivity contribution in [1.29, 1.82) is 5.26 Å². The predicted octanol–water partition coefficient (Wildman–Crippen LogP) is 3.36. The molecule has 0 unspecified atom stereocenters. The molecule has 1 amide bonds. The van der Waals surface area contributed by atoms with Gasteiger partial charge in [0.1, 0.15) is 11.5 Å². The zero-order valence-corrected chi connectivity index (χ0v) is 12.6. The molecule has 4 rings (SSSR count). The van der Waals surface area contributed by atoms with Crippen LogP contribution in [0.3, 0.4) is 0 Å². The maximum absolute atomic E-state index is 12.6. The number of amides is 1. The van der Waals surface area contributed by atoms with E-state index in [1.165, 1.54) is 0 Å². The monoisotopic (exact) mass is 305 g/mol. The standard InChI is InChI=1S/C18H15N3O2/c1-11-6-14(10-23-11)18(4-5-18)21-17(22)16-8-13-7-12(9-19)2-3-15(13)20-16/h2-3,6-8,10,20H,4-5H2,1H3,(H,21,22). The topological polar surface area (TPSA) is 81.8 Å². The summed E-state index contributed by atoms with van der Waals surface area (Å²) in [5.74, 6) is 0.700. The summed E-state index contributed by atoms with van der Waals surface area (Å²) in [5, 5.41) is 12.9. The molecule has 5 nitrogen and oxygen atoms in total. The second-order valence-electron chi connectivity index (χ2n) is 6.08.